The van der Waals surface area contributed by atoms with E-state index in [1.807, 2.05) is 38.9 Å². The third-order valence-electron chi connectivity index (χ3n) is 7.19. The average Bonchev–Trinajstić information content (AvgIpc) is 3.73. The van der Waals surface area contributed by atoms with Crippen LogP contribution in [0.5, 0.6) is 0 Å². The van der Waals surface area contributed by atoms with Crippen molar-refractivity contribution in [2.24, 2.45) is 13.0 Å². The zero-order valence-corrected chi connectivity index (χ0v) is 25.6. The lowest BCUT2D eigenvalue weighted by atomic mass is 10.0. The van der Waals surface area contributed by atoms with Gasteiger partial charge >= 0.3 is 6.18 Å². The summed E-state index contributed by atoms with van der Waals surface area (Å²) in [6.45, 7) is 4.02. The van der Waals surface area contributed by atoms with Crippen LogP contribution in [-0.2, 0) is 19.8 Å². The summed E-state index contributed by atoms with van der Waals surface area (Å²) < 4.78 is 50.6. The van der Waals surface area contributed by atoms with Crippen molar-refractivity contribution in [2.75, 3.05) is 14.1 Å². The van der Waals surface area contributed by atoms with Crippen LogP contribution in [0.4, 0.5) is 13.2 Å². The molecule has 3 aromatic heterocycles. The molecule has 1 N–H and O–H groups in total. The van der Waals surface area contributed by atoms with Crippen LogP contribution in [0.15, 0.2) is 70.0 Å². The Hall–Kier alpha value is -5.49. The molecule has 15 heteroatoms. The SMILES string of the molecule is CC(C)[C@H](NC(=O)c1c(-c2ccnn2-c2ccc(C#N)cc2)n(C)n(-c2cccc(C(F)(F)F)c2)c1=O)c1nnc(CN(C)C)o1. The number of carbonyl (C=O) groups is 1. The van der Waals surface area contributed by atoms with Crippen molar-refractivity contribution < 1.29 is 22.4 Å². The Morgan fingerprint density at radius 3 is 2.43 bits per heavy atom. The highest BCUT2D eigenvalue weighted by Gasteiger charge is 2.34. The molecule has 0 saturated heterocycles. The van der Waals surface area contributed by atoms with E-state index in [0.29, 0.717) is 29.4 Å². The van der Waals surface area contributed by atoms with Crippen LogP contribution in [0, 0.1) is 17.2 Å². The number of halogens is 3. The number of rotatable bonds is 9. The topological polar surface area (TPSA) is 140 Å². The first-order valence-corrected chi connectivity index (χ1v) is 14.1. The van der Waals surface area contributed by atoms with E-state index in [1.54, 1.807) is 30.3 Å². The average molecular weight is 634 g/mol. The number of alkyl halides is 3. The predicted octanol–water partition coefficient (Wildman–Crippen LogP) is 4.49. The Balaban J connectivity index is 1.68. The van der Waals surface area contributed by atoms with Gasteiger partial charge in [-0.2, -0.15) is 23.5 Å². The maximum Gasteiger partial charge on any atom is 0.416 e. The Morgan fingerprint density at radius 2 is 1.80 bits per heavy atom. The van der Waals surface area contributed by atoms with Crippen LogP contribution in [0.2, 0.25) is 0 Å². The number of amides is 1. The molecule has 12 nitrogen and oxygen atoms in total. The van der Waals surface area contributed by atoms with E-state index in [2.05, 4.69) is 20.6 Å². The minimum atomic E-state index is -4.66. The lowest BCUT2D eigenvalue weighted by Gasteiger charge is -2.19. The number of nitrogens with zero attached hydrogens (tertiary/aromatic N) is 8. The smallest absolute Gasteiger partial charge is 0.416 e. The minimum Gasteiger partial charge on any atom is -0.422 e. The van der Waals surface area contributed by atoms with Gasteiger partial charge < -0.3 is 14.6 Å². The van der Waals surface area contributed by atoms with Crippen LogP contribution < -0.4 is 10.9 Å². The Labute approximate surface area is 261 Å². The monoisotopic (exact) mass is 633 g/mol. The summed E-state index contributed by atoms with van der Waals surface area (Å²) in [5, 5.41) is 24.6. The molecule has 0 radical (unpaired) electrons. The fourth-order valence-corrected chi connectivity index (χ4v) is 5.03. The van der Waals surface area contributed by atoms with Crippen LogP contribution in [0.3, 0.4) is 0 Å². The van der Waals surface area contributed by atoms with Crippen LogP contribution >= 0.6 is 0 Å². The summed E-state index contributed by atoms with van der Waals surface area (Å²) in [6.07, 6.45) is -3.20. The van der Waals surface area contributed by atoms with Crippen LogP contribution in [-0.4, -0.2) is 54.2 Å². The number of nitriles is 1. The summed E-state index contributed by atoms with van der Waals surface area (Å²) in [7, 11) is 5.14. The van der Waals surface area contributed by atoms with Crippen molar-refractivity contribution in [3.63, 3.8) is 0 Å². The van der Waals surface area contributed by atoms with E-state index >= 15 is 0 Å². The molecule has 5 aromatic rings. The molecule has 0 aliphatic carbocycles. The molecule has 0 saturated carbocycles. The van der Waals surface area contributed by atoms with Gasteiger partial charge in [0.1, 0.15) is 17.3 Å². The summed E-state index contributed by atoms with van der Waals surface area (Å²) in [4.78, 5) is 30.1. The maximum atomic E-state index is 14.1. The van der Waals surface area contributed by atoms with E-state index in [9.17, 15) is 28.0 Å². The molecule has 0 bridgehead atoms. The summed E-state index contributed by atoms with van der Waals surface area (Å²) >= 11 is 0. The van der Waals surface area contributed by atoms with Crippen molar-refractivity contribution in [3.8, 4) is 28.8 Å². The van der Waals surface area contributed by atoms with Crippen molar-refractivity contribution in [3.05, 3.63) is 99.6 Å². The van der Waals surface area contributed by atoms with Crippen molar-refractivity contribution >= 4 is 5.91 Å². The van der Waals surface area contributed by atoms with E-state index in [4.69, 9.17) is 4.42 Å². The molecule has 1 amide bonds. The quantitative estimate of drug-likeness (QED) is 0.251. The number of benzene rings is 2. The second-order valence-electron chi connectivity index (χ2n) is 11.2. The van der Waals surface area contributed by atoms with Gasteiger partial charge in [-0.25, -0.2) is 9.36 Å². The third kappa shape index (κ3) is 6.20. The van der Waals surface area contributed by atoms with Gasteiger partial charge in [-0.1, -0.05) is 19.9 Å². The normalized spacial score (nSPS) is 12.5. The van der Waals surface area contributed by atoms with Gasteiger partial charge in [0.2, 0.25) is 11.8 Å². The van der Waals surface area contributed by atoms with E-state index in [1.165, 1.54) is 34.7 Å². The molecule has 0 aliphatic heterocycles. The molecule has 0 fully saturated rings. The van der Waals surface area contributed by atoms with Gasteiger partial charge in [-0.3, -0.25) is 14.3 Å². The Bertz CT molecular complexity index is 1980. The molecule has 0 spiro atoms. The number of carbonyl (C=O) groups excluding carboxylic acids is 1. The molecule has 238 valence electrons. The van der Waals surface area contributed by atoms with Gasteiger partial charge in [0.25, 0.3) is 11.5 Å². The van der Waals surface area contributed by atoms with E-state index < -0.39 is 29.2 Å². The molecule has 0 aliphatic rings. The van der Waals surface area contributed by atoms with Crippen molar-refractivity contribution in [2.45, 2.75) is 32.6 Å². The van der Waals surface area contributed by atoms with Crippen molar-refractivity contribution in [1.29, 1.82) is 5.26 Å². The summed E-state index contributed by atoms with van der Waals surface area (Å²) in [6, 6.07) is 13.6. The minimum absolute atomic E-state index is 0.0862. The number of nitrogens with one attached hydrogen (secondary N) is 1. The van der Waals surface area contributed by atoms with Gasteiger partial charge in [0.05, 0.1) is 47.0 Å². The number of hydrogen-bond acceptors (Lipinski definition) is 8. The van der Waals surface area contributed by atoms with Crippen LogP contribution in [0.1, 0.15) is 53.2 Å². The fourth-order valence-electron chi connectivity index (χ4n) is 5.03. The Kier molecular flexibility index (Phi) is 8.66. The molecule has 46 heavy (non-hydrogen) atoms. The maximum absolute atomic E-state index is 14.1. The van der Waals surface area contributed by atoms with E-state index in [0.717, 1.165) is 16.8 Å². The summed E-state index contributed by atoms with van der Waals surface area (Å²) in [5.41, 5.74) is -0.942. The first-order valence-electron chi connectivity index (χ1n) is 14.1. The lowest BCUT2D eigenvalue weighted by Crippen LogP contribution is -2.35. The zero-order chi connectivity index (χ0) is 33.3. The van der Waals surface area contributed by atoms with Gasteiger partial charge in [-0.05, 0) is 68.5 Å². The van der Waals surface area contributed by atoms with Crippen molar-refractivity contribution in [1.82, 2.24) is 39.6 Å². The van der Waals surface area contributed by atoms with E-state index in [-0.39, 0.29) is 28.8 Å². The standard InChI is InChI=1S/C31H30F3N9O3/c1-18(2)26(29-39-38-24(46-29)17-40(3)4)37-28(44)25-27(23-13-14-36-42(23)21-11-9-19(16-35)10-12-21)41(5)43(30(25)45)22-8-6-7-20(15-22)31(32,33)34/h6-15,18,26H,17H2,1-5H3,(H,37,44)/t26-/m0/s1. The van der Waals surface area contributed by atoms with Gasteiger partial charge in [0, 0.05) is 7.05 Å². The number of aromatic nitrogens is 6. The first-order chi connectivity index (χ1) is 21.8. The molecule has 1 atom stereocenters. The van der Waals surface area contributed by atoms with Crippen LogP contribution in [0.25, 0.3) is 22.8 Å². The third-order valence-corrected chi connectivity index (χ3v) is 7.19. The molecule has 3 heterocycles. The number of hydrogen-bond donors (Lipinski definition) is 1. The highest BCUT2D eigenvalue weighted by Crippen LogP contribution is 2.32. The summed E-state index contributed by atoms with van der Waals surface area (Å²) in [5.74, 6) is -0.587. The fraction of sp³-hybridized carbons (Fsp3) is 0.290. The predicted molar refractivity (Wildman–Crippen MR) is 160 cm³/mol. The highest BCUT2D eigenvalue weighted by atomic mass is 19.4. The first kappa shape index (κ1) is 31.9. The highest BCUT2D eigenvalue weighted by molar-refractivity contribution is 6.00. The van der Waals surface area contributed by atoms with Gasteiger partial charge in [0.15, 0.2) is 0 Å². The molecular weight excluding hydrogens is 603 g/mol. The lowest BCUT2D eigenvalue weighted by molar-refractivity contribution is -0.137. The Morgan fingerprint density at radius 1 is 1.09 bits per heavy atom. The second kappa shape index (κ2) is 12.5. The second-order valence-corrected chi connectivity index (χ2v) is 11.2. The zero-order valence-electron chi connectivity index (χ0n) is 25.6. The molecular formula is C31H30F3N9O3. The largest absolute Gasteiger partial charge is 0.422 e. The van der Waals surface area contributed by atoms with Gasteiger partial charge in [-0.15, -0.1) is 10.2 Å². The molecule has 2 aromatic carbocycles. The molecule has 5 rings (SSSR count). The molecule has 0 unspecified atom stereocenters.